The fourth-order valence-corrected chi connectivity index (χ4v) is 3.97. The first-order valence-corrected chi connectivity index (χ1v) is 9.50. The number of benzene rings is 2. The van der Waals surface area contributed by atoms with Gasteiger partial charge in [-0.15, -0.1) is 0 Å². The third-order valence-electron chi connectivity index (χ3n) is 5.47. The zero-order valence-electron chi connectivity index (χ0n) is 15.3. The van der Waals surface area contributed by atoms with E-state index in [4.69, 9.17) is 4.74 Å². The number of nitrogens with zero attached hydrogens (tertiary/aromatic N) is 3. The maximum atomic E-state index is 13.1. The Morgan fingerprint density at radius 3 is 2.59 bits per heavy atom. The second-order valence-corrected chi connectivity index (χ2v) is 7.09. The molecule has 1 amide bonds. The van der Waals surface area contributed by atoms with Crippen LogP contribution in [0.25, 0.3) is 0 Å². The van der Waals surface area contributed by atoms with Crippen LogP contribution in [-0.2, 0) is 11.2 Å². The van der Waals surface area contributed by atoms with E-state index in [2.05, 4.69) is 17.0 Å². The van der Waals surface area contributed by atoms with E-state index in [1.165, 1.54) is 0 Å². The number of hydrogen-bond donors (Lipinski definition) is 0. The zero-order chi connectivity index (χ0) is 18.6. The van der Waals surface area contributed by atoms with Crippen LogP contribution in [0, 0.1) is 17.2 Å². The van der Waals surface area contributed by atoms with Gasteiger partial charge in [-0.05, 0) is 36.6 Å². The van der Waals surface area contributed by atoms with Crippen LogP contribution >= 0.6 is 0 Å². The standard InChI is InChI=1S/C22H23N3O2/c23-16-19-6-1-3-7-20(19)24-10-12-25(13-11-24)22(26)18-9-14-27-21-8-4-2-5-17(21)15-18/h1-8,18H,9-15H2. The Hall–Kier alpha value is -3.00. The molecule has 4 rings (SSSR count). The van der Waals surface area contributed by atoms with Crippen LogP contribution in [0.15, 0.2) is 48.5 Å². The van der Waals surface area contributed by atoms with Crippen molar-refractivity contribution in [1.29, 1.82) is 5.26 Å². The second-order valence-electron chi connectivity index (χ2n) is 7.09. The second kappa shape index (κ2) is 7.71. The quantitative estimate of drug-likeness (QED) is 0.825. The summed E-state index contributed by atoms with van der Waals surface area (Å²) < 4.78 is 5.81. The van der Waals surface area contributed by atoms with Gasteiger partial charge in [-0.1, -0.05) is 30.3 Å². The van der Waals surface area contributed by atoms with Crippen molar-refractivity contribution in [2.75, 3.05) is 37.7 Å². The SMILES string of the molecule is N#Cc1ccccc1N1CCN(C(=O)C2CCOc3ccccc3C2)CC1. The number of nitriles is 1. The van der Waals surface area contributed by atoms with Crippen molar-refractivity contribution in [2.45, 2.75) is 12.8 Å². The lowest BCUT2D eigenvalue weighted by Crippen LogP contribution is -2.50. The van der Waals surface area contributed by atoms with Gasteiger partial charge < -0.3 is 14.5 Å². The summed E-state index contributed by atoms with van der Waals surface area (Å²) in [6.07, 6.45) is 1.50. The van der Waals surface area contributed by atoms with Gasteiger partial charge in [-0.2, -0.15) is 5.26 Å². The lowest BCUT2D eigenvalue weighted by Gasteiger charge is -2.37. The minimum Gasteiger partial charge on any atom is -0.493 e. The van der Waals surface area contributed by atoms with Crippen molar-refractivity contribution >= 4 is 11.6 Å². The molecule has 0 saturated carbocycles. The molecule has 1 atom stereocenters. The van der Waals surface area contributed by atoms with E-state index < -0.39 is 0 Å². The van der Waals surface area contributed by atoms with Crippen LogP contribution in [0.1, 0.15) is 17.5 Å². The molecule has 1 fully saturated rings. The first-order chi connectivity index (χ1) is 13.3. The molecule has 2 aromatic rings. The molecule has 2 heterocycles. The predicted octanol–water partition coefficient (Wildman–Crippen LogP) is 2.85. The maximum absolute atomic E-state index is 13.1. The lowest BCUT2D eigenvalue weighted by molar-refractivity contribution is -0.136. The summed E-state index contributed by atoms with van der Waals surface area (Å²) in [6, 6.07) is 17.9. The van der Waals surface area contributed by atoms with Crippen molar-refractivity contribution in [3.05, 3.63) is 59.7 Å². The van der Waals surface area contributed by atoms with Crippen molar-refractivity contribution in [1.82, 2.24) is 4.90 Å². The number of ether oxygens (including phenoxy) is 1. The minimum atomic E-state index is -0.0217. The summed E-state index contributed by atoms with van der Waals surface area (Å²) in [5.74, 6) is 1.11. The van der Waals surface area contributed by atoms with Gasteiger partial charge in [0.05, 0.1) is 17.9 Å². The van der Waals surface area contributed by atoms with Gasteiger partial charge >= 0.3 is 0 Å². The van der Waals surface area contributed by atoms with Gasteiger partial charge in [-0.3, -0.25) is 4.79 Å². The van der Waals surface area contributed by atoms with Crippen molar-refractivity contribution < 1.29 is 9.53 Å². The molecule has 2 aliphatic rings. The van der Waals surface area contributed by atoms with Gasteiger partial charge in [0.1, 0.15) is 11.8 Å². The van der Waals surface area contributed by atoms with Gasteiger partial charge in [-0.25, -0.2) is 0 Å². The zero-order valence-corrected chi connectivity index (χ0v) is 15.3. The first-order valence-electron chi connectivity index (χ1n) is 9.50. The average molecular weight is 361 g/mol. The van der Waals surface area contributed by atoms with Crippen molar-refractivity contribution in [2.24, 2.45) is 5.92 Å². The van der Waals surface area contributed by atoms with Gasteiger partial charge in [0.2, 0.25) is 5.91 Å². The van der Waals surface area contributed by atoms with E-state index in [-0.39, 0.29) is 11.8 Å². The Morgan fingerprint density at radius 1 is 1.04 bits per heavy atom. The maximum Gasteiger partial charge on any atom is 0.226 e. The number of fused-ring (bicyclic) bond motifs is 1. The summed E-state index contributed by atoms with van der Waals surface area (Å²) in [4.78, 5) is 17.3. The number of hydrogen-bond acceptors (Lipinski definition) is 4. The molecule has 2 aliphatic heterocycles. The Morgan fingerprint density at radius 2 is 1.78 bits per heavy atom. The van der Waals surface area contributed by atoms with Gasteiger partial charge in [0.15, 0.2) is 0 Å². The number of rotatable bonds is 2. The largest absolute Gasteiger partial charge is 0.493 e. The molecule has 0 bridgehead atoms. The summed E-state index contributed by atoms with van der Waals surface area (Å²) in [7, 11) is 0. The van der Waals surface area contributed by atoms with Crippen LogP contribution in [0.2, 0.25) is 0 Å². The van der Waals surface area contributed by atoms with Crippen LogP contribution in [0.5, 0.6) is 5.75 Å². The molecule has 0 N–H and O–H groups in total. The Kier molecular flexibility index (Phi) is 4.97. The molecular weight excluding hydrogens is 338 g/mol. The molecule has 0 aliphatic carbocycles. The van der Waals surface area contributed by atoms with E-state index in [1.54, 1.807) is 0 Å². The number of anilines is 1. The van der Waals surface area contributed by atoms with Crippen LogP contribution in [0.3, 0.4) is 0 Å². The van der Waals surface area contributed by atoms with E-state index in [1.807, 2.05) is 47.4 Å². The summed E-state index contributed by atoms with van der Waals surface area (Å²) in [5.41, 5.74) is 2.77. The highest BCUT2D eigenvalue weighted by Gasteiger charge is 2.30. The van der Waals surface area contributed by atoms with Crippen molar-refractivity contribution in [3.8, 4) is 11.8 Å². The van der Waals surface area contributed by atoms with Crippen LogP contribution in [-0.4, -0.2) is 43.6 Å². The third-order valence-corrected chi connectivity index (χ3v) is 5.47. The highest BCUT2D eigenvalue weighted by atomic mass is 16.5. The van der Waals surface area contributed by atoms with Crippen LogP contribution in [0.4, 0.5) is 5.69 Å². The Balaban J connectivity index is 1.41. The number of piperazine rings is 1. The number of carbonyl (C=O) groups is 1. The molecule has 5 nitrogen and oxygen atoms in total. The predicted molar refractivity (Wildman–Crippen MR) is 104 cm³/mol. The van der Waals surface area contributed by atoms with Gasteiger partial charge in [0, 0.05) is 32.1 Å². The Labute approximate surface area is 159 Å². The number of amides is 1. The normalized spacial score (nSPS) is 19.4. The molecule has 5 heteroatoms. The molecule has 1 unspecified atom stereocenters. The number of para-hydroxylation sites is 2. The summed E-state index contributed by atoms with van der Waals surface area (Å²) in [6.45, 7) is 3.48. The molecule has 0 spiro atoms. The average Bonchev–Trinajstić information content (AvgIpc) is 2.96. The highest BCUT2D eigenvalue weighted by molar-refractivity contribution is 5.80. The lowest BCUT2D eigenvalue weighted by atomic mass is 9.95. The molecule has 27 heavy (non-hydrogen) atoms. The molecular formula is C22H23N3O2. The van der Waals surface area contributed by atoms with E-state index >= 15 is 0 Å². The Bertz CT molecular complexity index is 866. The van der Waals surface area contributed by atoms with Crippen molar-refractivity contribution in [3.63, 3.8) is 0 Å². The summed E-state index contributed by atoms with van der Waals surface area (Å²) >= 11 is 0. The fraction of sp³-hybridized carbons (Fsp3) is 0.364. The van der Waals surface area contributed by atoms with Gasteiger partial charge in [0.25, 0.3) is 0 Å². The van der Waals surface area contributed by atoms with E-state index in [9.17, 15) is 10.1 Å². The van der Waals surface area contributed by atoms with E-state index in [0.29, 0.717) is 25.3 Å². The molecule has 2 aromatic carbocycles. The molecule has 138 valence electrons. The monoisotopic (exact) mass is 361 g/mol. The summed E-state index contributed by atoms with van der Waals surface area (Å²) in [5, 5.41) is 9.31. The minimum absolute atomic E-state index is 0.0217. The van der Waals surface area contributed by atoms with E-state index in [0.717, 1.165) is 42.9 Å². The molecule has 0 aromatic heterocycles. The fourth-order valence-electron chi connectivity index (χ4n) is 3.97. The number of carbonyl (C=O) groups excluding carboxylic acids is 1. The smallest absolute Gasteiger partial charge is 0.226 e. The molecule has 0 radical (unpaired) electrons. The third kappa shape index (κ3) is 3.61. The highest BCUT2D eigenvalue weighted by Crippen LogP contribution is 2.28. The molecule has 1 saturated heterocycles. The topological polar surface area (TPSA) is 56.6 Å². The van der Waals surface area contributed by atoms with Crippen LogP contribution < -0.4 is 9.64 Å². The first kappa shape index (κ1) is 17.4.